The van der Waals surface area contributed by atoms with E-state index in [9.17, 15) is 19.2 Å². The van der Waals surface area contributed by atoms with Crippen LogP contribution in [0.15, 0.2) is 86.0 Å². The molecule has 3 rings (SSSR count). The van der Waals surface area contributed by atoms with Gasteiger partial charge in [0, 0.05) is 12.1 Å². The van der Waals surface area contributed by atoms with Crippen LogP contribution in [0.1, 0.15) is 132 Å². The average molecular weight is 743 g/mol. The summed E-state index contributed by atoms with van der Waals surface area (Å²) in [5.41, 5.74) is -0.149. The maximum Gasteiger partial charge on any atom is 0.343 e. The van der Waals surface area contributed by atoms with Crippen LogP contribution in [0.5, 0.6) is 23.0 Å². The predicted octanol–water partition coefficient (Wildman–Crippen LogP) is 10.3. The van der Waals surface area contributed by atoms with Crippen LogP contribution in [0, 0.1) is 0 Å². The van der Waals surface area contributed by atoms with Crippen molar-refractivity contribution in [3.63, 3.8) is 0 Å². The lowest BCUT2D eigenvalue weighted by molar-refractivity contribution is 0.0483. The Morgan fingerprint density at radius 3 is 1.22 bits per heavy atom. The number of rotatable bonds is 26. The summed E-state index contributed by atoms with van der Waals surface area (Å²) in [6.45, 7) is 12.7. The first-order chi connectivity index (χ1) is 26.3. The monoisotopic (exact) mass is 742 g/mol. The van der Waals surface area contributed by atoms with E-state index in [1.165, 1.54) is 25.7 Å². The van der Waals surface area contributed by atoms with Gasteiger partial charge in [0.15, 0.2) is 0 Å². The predicted molar refractivity (Wildman–Crippen MR) is 208 cm³/mol. The van der Waals surface area contributed by atoms with E-state index in [0.29, 0.717) is 37.6 Å². The van der Waals surface area contributed by atoms with E-state index in [-0.39, 0.29) is 47.0 Å². The number of esters is 4. The number of hydrogen-bond acceptors (Lipinski definition) is 10. The van der Waals surface area contributed by atoms with Crippen molar-refractivity contribution in [2.24, 2.45) is 0 Å². The van der Waals surface area contributed by atoms with Gasteiger partial charge in [0.05, 0.1) is 37.6 Å². The molecule has 0 fully saturated rings. The molecule has 3 aromatic rings. The van der Waals surface area contributed by atoms with E-state index < -0.39 is 23.9 Å². The molecular weight excluding hydrogens is 688 g/mol. The van der Waals surface area contributed by atoms with Crippen LogP contribution in [0.3, 0.4) is 0 Å². The molecule has 10 nitrogen and oxygen atoms in total. The summed E-state index contributed by atoms with van der Waals surface area (Å²) in [6.07, 6.45) is 15.0. The van der Waals surface area contributed by atoms with Crippen LogP contribution in [0.2, 0.25) is 0 Å². The lowest BCUT2D eigenvalue weighted by Gasteiger charge is -2.16. The topological polar surface area (TPSA) is 124 Å². The molecule has 0 saturated carbocycles. The molecule has 10 heteroatoms. The van der Waals surface area contributed by atoms with E-state index in [4.69, 9.17) is 28.4 Å². The van der Waals surface area contributed by atoms with E-state index in [2.05, 4.69) is 27.0 Å². The highest BCUT2D eigenvalue weighted by molar-refractivity contribution is 6.02. The fourth-order valence-corrected chi connectivity index (χ4v) is 5.16. The fraction of sp³-hybridized carbons (Fsp3) is 0.409. The summed E-state index contributed by atoms with van der Waals surface area (Å²) in [7, 11) is 0. The van der Waals surface area contributed by atoms with Crippen LogP contribution in [0.4, 0.5) is 0 Å². The molecule has 0 aliphatic heterocycles. The largest absolute Gasteiger partial charge is 0.494 e. The van der Waals surface area contributed by atoms with Gasteiger partial charge < -0.3 is 28.4 Å². The number of unbranched alkanes of at least 4 members (excludes halogenated alkanes) is 8. The van der Waals surface area contributed by atoms with Crippen LogP contribution in [0.25, 0.3) is 0 Å². The van der Waals surface area contributed by atoms with E-state index in [0.717, 1.165) is 50.7 Å². The normalized spacial score (nSPS) is 10.6. The Labute approximate surface area is 319 Å². The van der Waals surface area contributed by atoms with Crippen LogP contribution < -0.4 is 18.9 Å². The quantitative estimate of drug-likeness (QED) is 0.0340. The van der Waals surface area contributed by atoms with Crippen molar-refractivity contribution in [1.82, 2.24) is 0 Å². The minimum absolute atomic E-state index is 0.0105. The molecule has 0 radical (unpaired) electrons. The lowest BCUT2D eigenvalue weighted by atomic mass is 10.1. The number of hydrogen-bond donors (Lipinski definition) is 0. The fourth-order valence-electron chi connectivity index (χ4n) is 5.16. The summed E-state index contributed by atoms with van der Waals surface area (Å²) in [5, 5.41) is 0. The summed E-state index contributed by atoms with van der Waals surface area (Å²) in [4.78, 5) is 53.4. The van der Waals surface area contributed by atoms with Gasteiger partial charge in [-0.3, -0.25) is 0 Å². The molecular formula is C44H54O10. The van der Waals surface area contributed by atoms with Gasteiger partial charge in [-0.2, -0.15) is 0 Å². The molecule has 0 spiro atoms. The Morgan fingerprint density at radius 2 is 0.870 bits per heavy atom. The second-order valence-corrected chi connectivity index (χ2v) is 12.6. The Bertz CT molecular complexity index is 1520. The maximum absolute atomic E-state index is 13.4. The van der Waals surface area contributed by atoms with E-state index in [1.807, 2.05) is 0 Å². The van der Waals surface area contributed by atoms with Crippen molar-refractivity contribution in [1.29, 1.82) is 0 Å². The molecule has 0 heterocycles. The van der Waals surface area contributed by atoms with E-state index >= 15 is 0 Å². The van der Waals surface area contributed by atoms with Gasteiger partial charge in [0.25, 0.3) is 0 Å². The molecule has 0 atom stereocenters. The van der Waals surface area contributed by atoms with E-state index in [1.54, 1.807) is 60.7 Å². The first-order valence-electron chi connectivity index (χ1n) is 18.9. The van der Waals surface area contributed by atoms with Crippen molar-refractivity contribution < 1.29 is 47.6 Å². The molecule has 0 aliphatic rings. The van der Waals surface area contributed by atoms with Crippen LogP contribution in [-0.2, 0) is 9.47 Å². The third kappa shape index (κ3) is 14.9. The molecule has 0 N–H and O–H groups in total. The minimum atomic E-state index is -0.873. The van der Waals surface area contributed by atoms with Gasteiger partial charge in [-0.15, -0.1) is 13.2 Å². The molecule has 0 bridgehead atoms. The molecule has 3 aromatic carbocycles. The molecule has 0 unspecified atom stereocenters. The van der Waals surface area contributed by atoms with Crippen LogP contribution >= 0.6 is 0 Å². The van der Waals surface area contributed by atoms with Crippen molar-refractivity contribution in [2.75, 3.05) is 26.4 Å². The molecule has 0 aliphatic carbocycles. The molecule has 54 heavy (non-hydrogen) atoms. The van der Waals surface area contributed by atoms with Crippen molar-refractivity contribution in [2.45, 2.75) is 90.9 Å². The lowest BCUT2D eigenvalue weighted by Crippen LogP contribution is -2.18. The Hall–Kier alpha value is -5.38. The molecule has 0 saturated heterocycles. The van der Waals surface area contributed by atoms with Gasteiger partial charge in [-0.05, 0) is 74.2 Å². The zero-order valence-corrected chi connectivity index (χ0v) is 31.7. The second kappa shape index (κ2) is 24.8. The van der Waals surface area contributed by atoms with Gasteiger partial charge in [-0.25, -0.2) is 19.2 Å². The summed E-state index contributed by atoms with van der Waals surface area (Å²) < 4.78 is 33.7. The third-order valence-electron chi connectivity index (χ3n) is 8.25. The highest BCUT2D eigenvalue weighted by Gasteiger charge is 2.27. The Kier molecular flexibility index (Phi) is 19.7. The smallest absolute Gasteiger partial charge is 0.343 e. The second-order valence-electron chi connectivity index (χ2n) is 12.6. The van der Waals surface area contributed by atoms with Crippen molar-refractivity contribution in [3.05, 3.63) is 108 Å². The standard InChI is InChI=1S/C44H54O10/c1-5-9-13-15-17-29-49-35-23-19-33(20-24-35)41(45)53-39-31-38(44(48)52-28-12-8-4)40(32-37(39)43(47)51-27-11-7-3)54-42(46)34-21-25-36(26-22-34)50-30-18-16-14-10-6-2/h7-8,19-26,31-32H,3-6,9-18,27-30H2,1-2H3. The van der Waals surface area contributed by atoms with Crippen LogP contribution in [-0.4, -0.2) is 50.3 Å². The molecule has 290 valence electrons. The maximum atomic E-state index is 13.4. The Balaban J connectivity index is 1.86. The average Bonchev–Trinajstić information content (AvgIpc) is 3.18. The van der Waals surface area contributed by atoms with Gasteiger partial charge in [0.2, 0.25) is 0 Å². The zero-order chi connectivity index (χ0) is 39.0. The van der Waals surface area contributed by atoms with Gasteiger partial charge >= 0.3 is 23.9 Å². The summed E-state index contributed by atoms with van der Waals surface area (Å²) in [6, 6.07) is 15.1. The number of carbonyl (C=O) groups excluding carboxylic acids is 4. The van der Waals surface area contributed by atoms with Gasteiger partial charge in [0.1, 0.15) is 34.1 Å². The van der Waals surface area contributed by atoms with Gasteiger partial charge in [-0.1, -0.05) is 77.4 Å². The SMILES string of the molecule is C=CCCOC(=O)c1cc(OC(=O)c2ccc(OCCCCCCC)cc2)c(C(=O)OCCC=C)cc1OC(=O)c1ccc(OCCCCCCC)cc1. The van der Waals surface area contributed by atoms with Crippen molar-refractivity contribution in [3.8, 4) is 23.0 Å². The zero-order valence-electron chi connectivity index (χ0n) is 31.7. The number of benzene rings is 3. The van der Waals surface area contributed by atoms with Crippen molar-refractivity contribution >= 4 is 23.9 Å². The molecule has 0 amide bonds. The number of carbonyl (C=O) groups is 4. The number of ether oxygens (including phenoxy) is 6. The third-order valence-corrected chi connectivity index (χ3v) is 8.25. The summed E-state index contributed by atoms with van der Waals surface area (Å²) in [5.74, 6) is -2.73. The highest BCUT2D eigenvalue weighted by Crippen LogP contribution is 2.32. The first-order valence-corrected chi connectivity index (χ1v) is 18.9. The highest BCUT2D eigenvalue weighted by atomic mass is 16.6. The first kappa shape index (κ1) is 43.0. The Morgan fingerprint density at radius 1 is 0.500 bits per heavy atom. The minimum Gasteiger partial charge on any atom is -0.494 e. The summed E-state index contributed by atoms with van der Waals surface area (Å²) >= 11 is 0. The molecule has 0 aromatic heterocycles.